The van der Waals surface area contributed by atoms with E-state index < -0.39 is 12.2 Å². The maximum absolute atomic E-state index is 12.6. The third-order valence-corrected chi connectivity index (χ3v) is 2.42. The summed E-state index contributed by atoms with van der Waals surface area (Å²) < 4.78 is 42.6. The molecule has 0 bridgehead atoms. The molecule has 0 radical (unpaired) electrons. The molecule has 0 spiro atoms. The molecular formula is C10H11ClF3NO. The predicted molar refractivity (Wildman–Crippen MR) is 55.9 cm³/mol. The monoisotopic (exact) mass is 253 g/mol. The Hall–Kier alpha value is -0.940. The highest BCUT2D eigenvalue weighted by atomic mass is 35.5. The molecule has 0 aliphatic rings. The van der Waals surface area contributed by atoms with Gasteiger partial charge in [0.25, 0.3) is 0 Å². The Bertz CT molecular complexity index is 368. The van der Waals surface area contributed by atoms with Crippen LogP contribution < -0.4 is 10.1 Å². The second-order valence-electron chi connectivity index (χ2n) is 3.16. The van der Waals surface area contributed by atoms with E-state index in [0.717, 1.165) is 0 Å². The Labute approximate surface area is 96.4 Å². The van der Waals surface area contributed by atoms with E-state index in [-0.39, 0.29) is 10.6 Å². The van der Waals surface area contributed by atoms with E-state index in [9.17, 15) is 13.2 Å². The first kappa shape index (κ1) is 13.1. The molecule has 1 N–H and O–H groups in total. The van der Waals surface area contributed by atoms with Gasteiger partial charge in [0.1, 0.15) is 11.8 Å². The second-order valence-corrected chi connectivity index (χ2v) is 3.56. The molecule has 0 aliphatic heterocycles. The van der Waals surface area contributed by atoms with E-state index in [4.69, 9.17) is 16.3 Å². The number of halogens is 4. The minimum absolute atomic E-state index is 0.0563. The van der Waals surface area contributed by atoms with Gasteiger partial charge in [-0.25, -0.2) is 0 Å². The predicted octanol–water partition coefficient (Wildman–Crippen LogP) is 3.17. The quantitative estimate of drug-likeness (QED) is 0.893. The molecule has 1 aromatic rings. The van der Waals surface area contributed by atoms with E-state index in [0.29, 0.717) is 5.75 Å². The number of benzene rings is 1. The average Bonchev–Trinajstić information content (AvgIpc) is 2.17. The van der Waals surface area contributed by atoms with Gasteiger partial charge in [-0.05, 0) is 24.7 Å². The zero-order valence-corrected chi connectivity index (χ0v) is 9.49. The summed E-state index contributed by atoms with van der Waals surface area (Å²) in [5.74, 6) is 0.349. The van der Waals surface area contributed by atoms with Gasteiger partial charge in [-0.1, -0.05) is 17.7 Å². The third kappa shape index (κ3) is 2.80. The van der Waals surface area contributed by atoms with Crippen molar-refractivity contribution < 1.29 is 17.9 Å². The number of methoxy groups -OCH3 is 1. The van der Waals surface area contributed by atoms with Crippen molar-refractivity contribution in [1.82, 2.24) is 5.32 Å². The maximum Gasteiger partial charge on any atom is 0.407 e. The zero-order chi connectivity index (χ0) is 12.3. The summed E-state index contributed by atoms with van der Waals surface area (Å²) in [6.45, 7) is 0. The standard InChI is InChI=1S/C10H11ClF3NO/c1-15-9(10(12,13)14)6-3-4-8(16-2)7(11)5-6/h3-5,9,15H,1-2H3. The lowest BCUT2D eigenvalue weighted by Gasteiger charge is -2.20. The summed E-state index contributed by atoms with van der Waals surface area (Å²) in [6.07, 6.45) is -4.35. The summed E-state index contributed by atoms with van der Waals surface area (Å²) in [7, 11) is 2.65. The minimum atomic E-state index is -4.35. The Kier molecular flexibility index (Phi) is 4.04. The van der Waals surface area contributed by atoms with Gasteiger partial charge in [0.2, 0.25) is 0 Å². The first-order valence-electron chi connectivity index (χ1n) is 4.47. The highest BCUT2D eigenvalue weighted by Crippen LogP contribution is 2.35. The number of hydrogen-bond donors (Lipinski definition) is 1. The van der Waals surface area contributed by atoms with Gasteiger partial charge < -0.3 is 10.1 Å². The van der Waals surface area contributed by atoms with Crippen LogP contribution in [0.1, 0.15) is 11.6 Å². The van der Waals surface area contributed by atoms with Gasteiger partial charge in [-0.3, -0.25) is 0 Å². The van der Waals surface area contributed by atoms with E-state index in [1.54, 1.807) is 0 Å². The molecule has 1 rings (SSSR count). The molecule has 6 heteroatoms. The lowest BCUT2D eigenvalue weighted by Crippen LogP contribution is -2.31. The van der Waals surface area contributed by atoms with Gasteiger partial charge >= 0.3 is 6.18 Å². The van der Waals surface area contributed by atoms with Gasteiger partial charge in [-0.15, -0.1) is 0 Å². The number of nitrogens with one attached hydrogen (secondary N) is 1. The molecular weight excluding hydrogens is 243 g/mol. The van der Waals surface area contributed by atoms with Crippen molar-refractivity contribution in [3.63, 3.8) is 0 Å². The first-order valence-corrected chi connectivity index (χ1v) is 4.85. The van der Waals surface area contributed by atoms with E-state index >= 15 is 0 Å². The second kappa shape index (κ2) is 4.93. The summed E-state index contributed by atoms with van der Waals surface area (Å²) in [4.78, 5) is 0. The summed E-state index contributed by atoms with van der Waals surface area (Å²) >= 11 is 5.76. The minimum Gasteiger partial charge on any atom is -0.495 e. The molecule has 90 valence electrons. The van der Waals surface area contributed by atoms with Crippen LogP contribution in [0, 0.1) is 0 Å². The van der Waals surface area contributed by atoms with Gasteiger partial charge in [0.15, 0.2) is 0 Å². The lowest BCUT2D eigenvalue weighted by atomic mass is 10.1. The van der Waals surface area contributed by atoms with Crippen molar-refractivity contribution in [3.8, 4) is 5.75 Å². The van der Waals surface area contributed by atoms with Gasteiger partial charge in [-0.2, -0.15) is 13.2 Å². The van der Waals surface area contributed by atoms with Crippen molar-refractivity contribution in [2.45, 2.75) is 12.2 Å². The maximum atomic E-state index is 12.6. The molecule has 0 aliphatic carbocycles. The number of rotatable bonds is 3. The molecule has 1 aromatic carbocycles. The fourth-order valence-corrected chi connectivity index (χ4v) is 1.65. The van der Waals surface area contributed by atoms with Crippen LogP contribution in [0.3, 0.4) is 0 Å². The van der Waals surface area contributed by atoms with Crippen LogP contribution in [0.25, 0.3) is 0 Å². The van der Waals surface area contributed by atoms with Crippen molar-refractivity contribution >= 4 is 11.6 Å². The average molecular weight is 254 g/mol. The van der Waals surface area contributed by atoms with Crippen molar-refractivity contribution in [2.75, 3.05) is 14.2 Å². The van der Waals surface area contributed by atoms with Crippen LogP contribution in [-0.2, 0) is 0 Å². The number of alkyl halides is 3. The van der Waals surface area contributed by atoms with Crippen LogP contribution in [0.4, 0.5) is 13.2 Å². The number of hydrogen-bond acceptors (Lipinski definition) is 2. The highest BCUT2D eigenvalue weighted by molar-refractivity contribution is 6.32. The smallest absolute Gasteiger partial charge is 0.407 e. The molecule has 0 heterocycles. The lowest BCUT2D eigenvalue weighted by molar-refractivity contribution is -0.156. The van der Waals surface area contributed by atoms with Crippen LogP contribution in [0.15, 0.2) is 18.2 Å². The Morgan fingerprint density at radius 2 is 2.00 bits per heavy atom. The summed E-state index contributed by atoms with van der Waals surface area (Å²) in [5.41, 5.74) is 0.0563. The number of ether oxygens (including phenoxy) is 1. The molecule has 0 aromatic heterocycles. The SMILES string of the molecule is CNC(c1ccc(OC)c(Cl)c1)C(F)(F)F. The van der Waals surface area contributed by atoms with E-state index in [2.05, 4.69) is 5.32 Å². The molecule has 1 unspecified atom stereocenters. The summed E-state index contributed by atoms with van der Waals surface area (Å²) in [5, 5.41) is 2.36. The fraction of sp³-hybridized carbons (Fsp3) is 0.400. The van der Waals surface area contributed by atoms with Crippen LogP contribution in [0.5, 0.6) is 5.75 Å². The normalized spacial score (nSPS) is 13.6. The molecule has 2 nitrogen and oxygen atoms in total. The van der Waals surface area contributed by atoms with Crippen LogP contribution in [0.2, 0.25) is 5.02 Å². The van der Waals surface area contributed by atoms with Gasteiger partial charge in [0, 0.05) is 0 Å². The van der Waals surface area contributed by atoms with Crippen molar-refractivity contribution in [1.29, 1.82) is 0 Å². The molecule has 0 saturated carbocycles. The van der Waals surface area contributed by atoms with Crippen LogP contribution >= 0.6 is 11.6 Å². The van der Waals surface area contributed by atoms with E-state index in [1.165, 1.54) is 32.4 Å². The third-order valence-electron chi connectivity index (χ3n) is 2.13. The molecule has 16 heavy (non-hydrogen) atoms. The summed E-state index contributed by atoms with van der Waals surface area (Å²) in [6, 6.07) is 2.26. The van der Waals surface area contributed by atoms with Crippen LogP contribution in [-0.4, -0.2) is 20.3 Å². The topological polar surface area (TPSA) is 21.3 Å². The first-order chi connectivity index (χ1) is 7.40. The molecule has 0 fully saturated rings. The van der Waals surface area contributed by atoms with Crippen molar-refractivity contribution in [2.24, 2.45) is 0 Å². The molecule has 0 amide bonds. The van der Waals surface area contributed by atoms with Crippen molar-refractivity contribution in [3.05, 3.63) is 28.8 Å². The fourth-order valence-electron chi connectivity index (χ4n) is 1.38. The Morgan fingerprint density at radius 3 is 2.38 bits per heavy atom. The highest BCUT2D eigenvalue weighted by Gasteiger charge is 2.39. The zero-order valence-electron chi connectivity index (χ0n) is 8.73. The van der Waals surface area contributed by atoms with Gasteiger partial charge in [0.05, 0.1) is 12.1 Å². The largest absolute Gasteiger partial charge is 0.495 e. The Morgan fingerprint density at radius 1 is 1.38 bits per heavy atom. The Balaban J connectivity index is 3.08. The molecule has 0 saturated heterocycles. The molecule has 1 atom stereocenters. The van der Waals surface area contributed by atoms with E-state index in [1.807, 2.05) is 0 Å².